The lowest BCUT2D eigenvalue weighted by Gasteiger charge is -2.39. The van der Waals surface area contributed by atoms with Crippen LogP contribution in [0.1, 0.15) is 20.3 Å². The van der Waals surface area contributed by atoms with Gasteiger partial charge >= 0.3 is 0 Å². The third kappa shape index (κ3) is 2.93. The van der Waals surface area contributed by atoms with Crippen LogP contribution in [-0.4, -0.2) is 48.8 Å². The molecule has 0 amide bonds. The molecule has 1 aliphatic rings. The number of likely N-dealkylation sites (N-methyl/N-ethyl adjacent to an activating group) is 1. The van der Waals surface area contributed by atoms with E-state index in [1.54, 1.807) is 0 Å². The normalized spacial score (nSPS) is 24.0. The number of aliphatic hydroxyl groups excluding tert-OH is 1. The van der Waals surface area contributed by atoms with Gasteiger partial charge in [-0.25, -0.2) is 0 Å². The molecule has 0 aromatic rings. The van der Waals surface area contributed by atoms with Crippen LogP contribution < -0.4 is 5.32 Å². The maximum absolute atomic E-state index is 9.14. The van der Waals surface area contributed by atoms with Crippen molar-refractivity contribution < 1.29 is 5.11 Å². The minimum Gasteiger partial charge on any atom is -0.390 e. The summed E-state index contributed by atoms with van der Waals surface area (Å²) in [6.45, 7) is 7.28. The van der Waals surface area contributed by atoms with Gasteiger partial charge < -0.3 is 10.4 Å². The largest absolute Gasteiger partial charge is 0.390 e. The predicted octanol–water partition coefficient (Wildman–Crippen LogP) is 0.297. The summed E-state index contributed by atoms with van der Waals surface area (Å²) in [5.74, 6) is 0.711. The standard InChI is InChI=1S/C10H22N2O/c1-4-8(2)10(11-3)7-12-5-9(13)6-12/h8-11,13H,4-7H2,1-3H3. The minimum absolute atomic E-state index is 0.0746. The number of aliphatic hydroxyl groups is 1. The van der Waals surface area contributed by atoms with Crippen LogP contribution in [0.15, 0.2) is 0 Å². The highest BCUT2D eigenvalue weighted by Crippen LogP contribution is 2.13. The summed E-state index contributed by atoms with van der Waals surface area (Å²) in [5, 5.41) is 12.5. The van der Waals surface area contributed by atoms with Crippen molar-refractivity contribution >= 4 is 0 Å². The smallest absolute Gasteiger partial charge is 0.0793 e. The molecular weight excluding hydrogens is 164 g/mol. The number of hydrogen-bond donors (Lipinski definition) is 2. The van der Waals surface area contributed by atoms with Crippen molar-refractivity contribution in [3.8, 4) is 0 Å². The molecule has 0 bridgehead atoms. The summed E-state index contributed by atoms with van der Waals surface area (Å²) in [5.41, 5.74) is 0. The Labute approximate surface area is 81.1 Å². The second-order valence-corrected chi connectivity index (χ2v) is 4.15. The van der Waals surface area contributed by atoms with E-state index in [4.69, 9.17) is 5.11 Å². The van der Waals surface area contributed by atoms with Crippen molar-refractivity contribution in [3.05, 3.63) is 0 Å². The van der Waals surface area contributed by atoms with Crippen molar-refractivity contribution in [1.29, 1.82) is 0 Å². The van der Waals surface area contributed by atoms with Gasteiger partial charge in [0.05, 0.1) is 6.10 Å². The van der Waals surface area contributed by atoms with Gasteiger partial charge in [-0.1, -0.05) is 20.3 Å². The van der Waals surface area contributed by atoms with E-state index in [0.29, 0.717) is 12.0 Å². The molecule has 0 saturated carbocycles. The van der Waals surface area contributed by atoms with Crippen LogP contribution >= 0.6 is 0 Å². The van der Waals surface area contributed by atoms with E-state index in [1.165, 1.54) is 6.42 Å². The first-order chi connectivity index (χ1) is 6.17. The molecule has 0 aromatic carbocycles. The van der Waals surface area contributed by atoms with Crippen LogP contribution in [-0.2, 0) is 0 Å². The third-order valence-corrected chi connectivity index (χ3v) is 3.09. The fourth-order valence-corrected chi connectivity index (χ4v) is 1.81. The van der Waals surface area contributed by atoms with E-state index >= 15 is 0 Å². The summed E-state index contributed by atoms with van der Waals surface area (Å²) in [6.07, 6.45) is 1.14. The lowest BCUT2D eigenvalue weighted by molar-refractivity contribution is -0.00580. The van der Waals surface area contributed by atoms with E-state index in [1.807, 2.05) is 7.05 Å². The molecule has 78 valence electrons. The third-order valence-electron chi connectivity index (χ3n) is 3.09. The molecule has 2 atom stereocenters. The zero-order chi connectivity index (χ0) is 9.84. The van der Waals surface area contributed by atoms with Crippen molar-refractivity contribution in [2.24, 2.45) is 5.92 Å². The van der Waals surface area contributed by atoms with Gasteiger partial charge in [0.1, 0.15) is 0 Å². The van der Waals surface area contributed by atoms with Crippen molar-refractivity contribution in [2.75, 3.05) is 26.7 Å². The van der Waals surface area contributed by atoms with Gasteiger partial charge in [0.25, 0.3) is 0 Å². The quantitative estimate of drug-likeness (QED) is 0.648. The second kappa shape index (κ2) is 4.94. The Balaban J connectivity index is 2.23. The molecule has 2 N–H and O–H groups in total. The van der Waals surface area contributed by atoms with E-state index in [2.05, 4.69) is 24.1 Å². The molecule has 0 aliphatic carbocycles. The fraction of sp³-hybridized carbons (Fsp3) is 1.00. The zero-order valence-electron chi connectivity index (χ0n) is 8.95. The minimum atomic E-state index is -0.0746. The predicted molar refractivity (Wildman–Crippen MR) is 54.7 cm³/mol. The number of rotatable bonds is 5. The summed E-state index contributed by atoms with van der Waals surface area (Å²) in [6, 6.07) is 0.567. The first kappa shape index (κ1) is 11.0. The highest BCUT2D eigenvalue weighted by atomic mass is 16.3. The topological polar surface area (TPSA) is 35.5 Å². The SMILES string of the molecule is CCC(C)C(CN1CC(O)C1)NC. The van der Waals surface area contributed by atoms with E-state index in [-0.39, 0.29) is 6.10 Å². The molecule has 3 heteroatoms. The Morgan fingerprint density at radius 2 is 2.15 bits per heavy atom. The van der Waals surface area contributed by atoms with E-state index < -0.39 is 0 Å². The highest BCUT2D eigenvalue weighted by molar-refractivity contribution is 4.84. The lowest BCUT2D eigenvalue weighted by atomic mass is 9.97. The molecule has 0 spiro atoms. The molecule has 1 rings (SSSR count). The van der Waals surface area contributed by atoms with Gasteiger partial charge in [-0.2, -0.15) is 0 Å². The molecule has 1 fully saturated rings. The van der Waals surface area contributed by atoms with Crippen LogP contribution in [0.2, 0.25) is 0 Å². The van der Waals surface area contributed by atoms with Crippen LogP contribution in [0, 0.1) is 5.92 Å². The van der Waals surface area contributed by atoms with Gasteiger partial charge in [-0.15, -0.1) is 0 Å². The Hall–Kier alpha value is -0.120. The van der Waals surface area contributed by atoms with Crippen LogP contribution in [0.4, 0.5) is 0 Å². The molecule has 0 aromatic heterocycles. The van der Waals surface area contributed by atoms with Gasteiger partial charge in [-0.3, -0.25) is 4.90 Å². The molecule has 1 aliphatic heterocycles. The summed E-state index contributed by atoms with van der Waals surface area (Å²) in [7, 11) is 2.02. The van der Waals surface area contributed by atoms with E-state index in [0.717, 1.165) is 19.6 Å². The van der Waals surface area contributed by atoms with Crippen molar-refractivity contribution in [1.82, 2.24) is 10.2 Å². The monoisotopic (exact) mass is 186 g/mol. The molecule has 0 radical (unpaired) electrons. The average molecular weight is 186 g/mol. The van der Waals surface area contributed by atoms with Gasteiger partial charge in [-0.05, 0) is 13.0 Å². The summed E-state index contributed by atoms with van der Waals surface area (Å²) in [4.78, 5) is 2.30. The summed E-state index contributed by atoms with van der Waals surface area (Å²) < 4.78 is 0. The Morgan fingerprint density at radius 1 is 1.54 bits per heavy atom. The highest BCUT2D eigenvalue weighted by Gasteiger charge is 2.27. The maximum atomic E-state index is 9.14. The molecule has 1 heterocycles. The van der Waals surface area contributed by atoms with Crippen molar-refractivity contribution in [2.45, 2.75) is 32.4 Å². The van der Waals surface area contributed by atoms with Gasteiger partial charge in [0, 0.05) is 25.7 Å². The Morgan fingerprint density at radius 3 is 2.54 bits per heavy atom. The fourth-order valence-electron chi connectivity index (χ4n) is 1.81. The molecule has 13 heavy (non-hydrogen) atoms. The molecule has 3 nitrogen and oxygen atoms in total. The maximum Gasteiger partial charge on any atom is 0.0793 e. The number of likely N-dealkylation sites (tertiary alicyclic amines) is 1. The summed E-state index contributed by atoms with van der Waals surface area (Å²) >= 11 is 0. The van der Waals surface area contributed by atoms with Crippen LogP contribution in [0.3, 0.4) is 0 Å². The molecular formula is C10H22N2O. The number of β-amino-alcohol motifs (C(OH)–C–C–N with tert-alkyl or cyclic N) is 1. The van der Waals surface area contributed by atoms with E-state index in [9.17, 15) is 0 Å². The number of nitrogens with one attached hydrogen (secondary N) is 1. The molecule has 2 unspecified atom stereocenters. The van der Waals surface area contributed by atoms with Gasteiger partial charge in [0.2, 0.25) is 0 Å². The zero-order valence-corrected chi connectivity index (χ0v) is 8.95. The first-order valence-corrected chi connectivity index (χ1v) is 5.25. The molecule has 1 saturated heterocycles. The average Bonchev–Trinajstić information content (AvgIpc) is 2.09. The van der Waals surface area contributed by atoms with Crippen LogP contribution in [0.5, 0.6) is 0 Å². The van der Waals surface area contributed by atoms with Gasteiger partial charge in [0.15, 0.2) is 0 Å². The number of hydrogen-bond acceptors (Lipinski definition) is 3. The first-order valence-electron chi connectivity index (χ1n) is 5.25. The van der Waals surface area contributed by atoms with Crippen molar-refractivity contribution in [3.63, 3.8) is 0 Å². The Kier molecular flexibility index (Phi) is 4.16. The number of nitrogens with zero attached hydrogens (tertiary/aromatic N) is 1. The second-order valence-electron chi connectivity index (χ2n) is 4.15. The van der Waals surface area contributed by atoms with Crippen LogP contribution in [0.25, 0.3) is 0 Å². The lowest BCUT2D eigenvalue weighted by Crippen LogP contribution is -2.55. The Bertz CT molecular complexity index is 146.